The number of aryl methyl sites for hydroxylation is 1. The molecule has 0 radical (unpaired) electrons. The van der Waals surface area contributed by atoms with Crippen molar-refractivity contribution in [1.82, 2.24) is 9.55 Å². The number of fused-ring (bicyclic) bond motifs is 1. The molecule has 0 saturated carbocycles. The number of hydrogen-bond acceptors (Lipinski definition) is 2. The van der Waals surface area contributed by atoms with Crippen LogP contribution in [0.3, 0.4) is 0 Å². The van der Waals surface area contributed by atoms with E-state index in [0.29, 0.717) is 11.0 Å². The summed E-state index contributed by atoms with van der Waals surface area (Å²) >= 11 is 9.55. The lowest BCUT2D eigenvalue weighted by Crippen LogP contribution is -2.00. The zero-order chi connectivity index (χ0) is 13.6. The summed E-state index contributed by atoms with van der Waals surface area (Å²) in [7, 11) is 0. The Bertz CT molecular complexity index is 780. The van der Waals surface area contributed by atoms with Crippen molar-refractivity contribution in [1.29, 1.82) is 0 Å². The van der Waals surface area contributed by atoms with Crippen LogP contribution in [0.5, 0.6) is 0 Å². The van der Waals surface area contributed by atoms with Gasteiger partial charge in [-0.05, 0) is 48.9 Å². The van der Waals surface area contributed by atoms with Crippen LogP contribution in [0.15, 0.2) is 40.9 Å². The number of nitrogens with two attached hydrogens (primary N) is 1. The molecule has 19 heavy (non-hydrogen) atoms. The van der Waals surface area contributed by atoms with E-state index < -0.39 is 0 Å². The highest BCUT2D eigenvalue weighted by Crippen LogP contribution is 2.27. The van der Waals surface area contributed by atoms with Gasteiger partial charge in [-0.3, -0.25) is 4.57 Å². The standard InChI is InChI=1S/C14H11BrClN3/c1-8-6-10(3-4-11(8)15)19-13-7-9(16)2-5-12(13)18-14(19)17/h2-7H,1H3,(H2,17,18). The average Bonchev–Trinajstić information content (AvgIpc) is 2.68. The van der Waals surface area contributed by atoms with Crippen LogP contribution >= 0.6 is 27.5 Å². The lowest BCUT2D eigenvalue weighted by atomic mass is 10.2. The molecule has 1 heterocycles. The minimum absolute atomic E-state index is 0.457. The summed E-state index contributed by atoms with van der Waals surface area (Å²) in [6, 6.07) is 11.6. The fourth-order valence-electron chi connectivity index (χ4n) is 2.11. The zero-order valence-electron chi connectivity index (χ0n) is 10.2. The quantitative estimate of drug-likeness (QED) is 0.718. The van der Waals surface area contributed by atoms with Crippen molar-refractivity contribution < 1.29 is 0 Å². The van der Waals surface area contributed by atoms with Crippen LogP contribution < -0.4 is 5.73 Å². The minimum Gasteiger partial charge on any atom is -0.369 e. The van der Waals surface area contributed by atoms with Gasteiger partial charge in [-0.2, -0.15) is 0 Å². The summed E-state index contributed by atoms with van der Waals surface area (Å²) in [6.45, 7) is 2.04. The first kappa shape index (κ1) is 12.5. The highest BCUT2D eigenvalue weighted by Gasteiger charge is 2.11. The predicted octanol–water partition coefficient (Wildman–Crippen LogP) is 4.33. The summed E-state index contributed by atoms with van der Waals surface area (Å²) in [5.41, 5.74) is 9.88. The molecule has 0 spiro atoms. The first-order chi connectivity index (χ1) is 9.06. The molecule has 3 nitrogen and oxygen atoms in total. The van der Waals surface area contributed by atoms with Gasteiger partial charge in [0, 0.05) is 15.2 Å². The SMILES string of the molecule is Cc1cc(-n2c(N)nc3ccc(Cl)cc32)ccc1Br. The normalized spacial score (nSPS) is 11.1. The van der Waals surface area contributed by atoms with Crippen LogP contribution in [-0.4, -0.2) is 9.55 Å². The molecular formula is C14H11BrClN3. The molecule has 0 amide bonds. The monoisotopic (exact) mass is 335 g/mol. The van der Waals surface area contributed by atoms with Crippen molar-refractivity contribution in [2.45, 2.75) is 6.92 Å². The molecule has 0 unspecified atom stereocenters. The maximum atomic E-state index is 6.05. The number of halogens is 2. The van der Waals surface area contributed by atoms with Crippen LogP contribution in [0.1, 0.15) is 5.56 Å². The molecule has 2 aromatic carbocycles. The molecule has 0 aliphatic heterocycles. The predicted molar refractivity (Wildman–Crippen MR) is 82.9 cm³/mol. The average molecular weight is 337 g/mol. The molecule has 0 aliphatic carbocycles. The zero-order valence-corrected chi connectivity index (χ0v) is 12.5. The van der Waals surface area contributed by atoms with E-state index in [1.807, 2.05) is 41.8 Å². The molecule has 2 N–H and O–H groups in total. The molecule has 0 fully saturated rings. The lowest BCUT2D eigenvalue weighted by Gasteiger charge is -2.08. The van der Waals surface area contributed by atoms with E-state index in [1.54, 1.807) is 0 Å². The number of rotatable bonds is 1. The third-order valence-corrected chi connectivity index (χ3v) is 4.17. The Balaban J connectivity index is 2.31. The molecule has 1 aromatic heterocycles. The Morgan fingerprint density at radius 1 is 1.21 bits per heavy atom. The molecular weight excluding hydrogens is 326 g/mol. The van der Waals surface area contributed by atoms with Crippen molar-refractivity contribution >= 4 is 44.5 Å². The maximum Gasteiger partial charge on any atom is 0.205 e. The van der Waals surface area contributed by atoms with Crippen molar-refractivity contribution in [2.75, 3.05) is 5.73 Å². The summed E-state index contributed by atoms with van der Waals surface area (Å²) in [4.78, 5) is 4.35. The molecule has 3 rings (SSSR count). The van der Waals surface area contributed by atoms with Gasteiger partial charge in [0.05, 0.1) is 11.0 Å². The third-order valence-electron chi connectivity index (χ3n) is 3.04. The van der Waals surface area contributed by atoms with Gasteiger partial charge in [0.25, 0.3) is 0 Å². The van der Waals surface area contributed by atoms with Gasteiger partial charge in [0.15, 0.2) is 0 Å². The number of nitrogens with zero attached hydrogens (tertiary/aromatic N) is 2. The van der Waals surface area contributed by atoms with Gasteiger partial charge in [-0.15, -0.1) is 0 Å². The molecule has 0 bridgehead atoms. The molecule has 96 valence electrons. The van der Waals surface area contributed by atoms with Crippen LogP contribution in [0, 0.1) is 6.92 Å². The minimum atomic E-state index is 0.457. The smallest absolute Gasteiger partial charge is 0.205 e. The van der Waals surface area contributed by atoms with E-state index in [4.69, 9.17) is 17.3 Å². The van der Waals surface area contributed by atoms with E-state index in [0.717, 1.165) is 26.8 Å². The maximum absolute atomic E-state index is 6.05. The van der Waals surface area contributed by atoms with Crippen LogP contribution in [0.4, 0.5) is 5.95 Å². The van der Waals surface area contributed by atoms with E-state index >= 15 is 0 Å². The first-order valence-electron chi connectivity index (χ1n) is 5.76. The van der Waals surface area contributed by atoms with E-state index in [2.05, 4.69) is 27.0 Å². The van der Waals surface area contributed by atoms with Crippen LogP contribution in [0.2, 0.25) is 5.02 Å². The van der Waals surface area contributed by atoms with Gasteiger partial charge in [-0.1, -0.05) is 27.5 Å². The number of anilines is 1. The highest BCUT2D eigenvalue weighted by molar-refractivity contribution is 9.10. The van der Waals surface area contributed by atoms with Crippen LogP contribution in [-0.2, 0) is 0 Å². The van der Waals surface area contributed by atoms with Gasteiger partial charge in [0.2, 0.25) is 5.95 Å². The molecule has 0 aliphatic rings. The fourth-order valence-corrected chi connectivity index (χ4v) is 2.52. The van der Waals surface area contributed by atoms with Gasteiger partial charge < -0.3 is 5.73 Å². The largest absolute Gasteiger partial charge is 0.369 e. The summed E-state index contributed by atoms with van der Waals surface area (Å²) in [5.74, 6) is 0.457. The lowest BCUT2D eigenvalue weighted by molar-refractivity contribution is 1.10. The Labute approximate surface area is 124 Å². The number of hydrogen-bond donors (Lipinski definition) is 1. The highest BCUT2D eigenvalue weighted by atomic mass is 79.9. The molecule has 5 heteroatoms. The summed E-state index contributed by atoms with van der Waals surface area (Å²) in [5, 5.41) is 0.669. The van der Waals surface area contributed by atoms with Gasteiger partial charge >= 0.3 is 0 Å². The van der Waals surface area contributed by atoms with Gasteiger partial charge in [-0.25, -0.2) is 4.98 Å². The summed E-state index contributed by atoms with van der Waals surface area (Å²) < 4.78 is 2.97. The van der Waals surface area contributed by atoms with Crippen molar-refractivity contribution in [3.63, 3.8) is 0 Å². The second-order valence-corrected chi connectivity index (χ2v) is 5.66. The van der Waals surface area contributed by atoms with Crippen molar-refractivity contribution in [3.05, 3.63) is 51.5 Å². The number of aromatic nitrogens is 2. The topological polar surface area (TPSA) is 43.8 Å². The second kappa shape index (κ2) is 4.54. The summed E-state index contributed by atoms with van der Waals surface area (Å²) in [6.07, 6.45) is 0. The van der Waals surface area contributed by atoms with E-state index in [1.165, 1.54) is 0 Å². The molecule has 0 saturated heterocycles. The Kier molecular flexibility index (Phi) is 2.99. The fraction of sp³-hybridized carbons (Fsp3) is 0.0714. The number of benzene rings is 2. The molecule has 0 atom stereocenters. The van der Waals surface area contributed by atoms with Crippen molar-refractivity contribution in [3.8, 4) is 5.69 Å². The van der Waals surface area contributed by atoms with Gasteiger partial charge in [0.1, 0.15) is 0 Å². The van der Waals surface area contributed by atoms with Crippen LogP contribution in [0.25, 0.3) is 16.7 Å². The Morgan fingerprint density at radius 2 is 2.00 bits per heavy atom. The Hall–Kier alpha value is -1.52. The second-order valence-electron chi connectivity index (χ2n) is 4.37. The van der Waals surface area contributed by atoms with Crippen molar-refractivity contribution in [2.24, 2.45) is 0 Å². The van der Waals surface area contributed by atoms with E-state index in [-0.39, 0.29) is 0 Å². The van der Waals surface area contributed by atoms with E-state index in [9.17, 15) is 0 Å². The number of imidazole rings is 1. The first-order valence-corrected chi connectivity index (χ1v) is 6.93. The number of nitrogen functional groups attached to an aromatic ring is 1. The third kappa shape index (κ3) is 2.11. The molecule has 3 aromatic rings. The Morgan fingerprint density at radius 3 is 2.74 bits per heavy atom.